The van der Waals surface area contributed by atoms with Gasteiger partial charge in [-0.25, -0.2) is 0 Å². The molecule has 3 rings (SSSR count). The highest BCUT2D eigenvalue weighted by Crippen LogP contribution is 2.33. The van der Waals surface area contributed by atoms with Crippen LogP contribution in [0.25, 0.3) is 10.2 Å². The predicted octanol–water partition coefficient (Wildman–Crippen LogP) is 5.12. The SMILES string of the molecule is COc1cc2sc(=NC(=O)c3ccc(C(C)(C)C)cc3)n(CCSC)c2cc1OC. The number of carbonyl (C=O) groups excluding carboxylic acids is 1. The van der Waals surface area contributed by atoms with Gasteiger partial charge in [-0.3, -0.25) is 4.79 Å². The molecule has 5 nitrogen and oxygen atoms in total. The summed E-state index contributed by atoms with van der Waals surface area (Å²) in [5, 5.41) is 0. The lowest BCUT2D eigenvalue weighted by atomic mass is 9.87. The maximum atomic E-state index is 12.9. The van der Waals surface area contributed by atoms with Gasteiger partial charge in [0, 0.05) is 30.0 Å². The Morgan fingerprint density at radius 2 is 1.73 bits per heavy atom. The van der Waals surface area contributed by atoms with Crippen molar-refractivity contribution in [1.82, 2.24) is 4.57 Å². The summed E-state index contributed by atoms with van der Waals surface area (Å²) in [5.41, 5.74) is 2.81. The lowest BCUT2D eigenvalue weighted by Crippen LogP contribution is -2.18. The molecule has 1 heterocycles. The van der Waals surface area contributed by atoms with Crippen molar-refractivity contribution in [1.29, 1.82) is 0 Å². The molecular formula is C23H28N2O3S2. The van der Waals surface area contributed by atoms with Crippen LogP contribution in [-0.4, -0.2) is 36.7 Å². The number of aryl methyl sites for hydroxylation is 1. The predicted molar refractivity (Wildman–Crippen MR) is 126 cm³/mol. The van der Waals surface area contributed by atoms with Gasteiger partial charge < -0.3 is 14.0 Å². The lowest BCUT2D eigenvalue weighted by molar-refractivity contribution is 0.0998. The first-order chi connectivity index (χ1) is 14.3. The van der Waals surface area contributed by atoms with E-state index in [-0.39, 0.29) is 11.3 Å². The van der Waals surface area contributed by atoms with Crippen LogP contribution in [0.5, 0.6) is 11.5 Å². The largest absolute Gasteiger partial charge is 0.493 e. The number of methoxy groups -OCH3 is 2. The Hall–Kier alpha value is -2.25. The number of amides is 1. The first kappa shape index (κ1) is 22.4. The Bertz CT molecular complexity index is 1110. The van der Waals surface area contributed by atoms with Crippen molar-refractivity contribution in [2.24, 2.45) is 4.99 Å². The molecule has 0 N–H and O–H groups in total. The molecule has 0 radical (unpaired) electrons. The van der Waals surface area contributed by atoms with Gasteiger partial charge in [0.2, 0.25) is 0 Å². The third-order valence-corrected chi connectivity index (χ3v) is 6.53. The highest BCUT2D eigenvalue weighted by atomic mass is 32.2. The second-order valence-electron chi connectivity index (χ2n) is 7.95. The molecule has 0 aliphatic rings. The average Bonchev–Trinajstić information content (AvgIpc) is 3.06. The van der Waals surface area contributed by atoms with Gasteiger partial charge in [-0.1, -0.05) is 44.2 Å². The third kappa shape index (κ3) is 4.73. The van der Waals surface area contributed by atoms with Crippen LogP contribution in [0.15, 0.2) is 41.4 Å². The van der Waals surface area contributed by atoms with Gasteiger partial charge in [-0.15, -0.1) is 0 Å². The zero-order valence-corrected chi connectivity index (χ0v) is 19.9. The van der Waals surface area contributed by atoms with Crippen molar-refractivity contribution in [3.63, 3.8) is 0 Å². The zero-order valence-electron chi connectivity index (χ0n) is 18.3. The second kappa shape index (κ2) is 9.27. The van der Waals surface area contributed by atoms with Crippen molar-refractivity contribution in [2.45, 2.75) is 32.7 Å². The summed E-state index contributed by atoms with van der Waals surface area (Å²) in [6.07, 6.45) is 2.07. The van der Waals surface area contributed by atoms with E-state index in [2.05, 4.69) is 36.6 Å². The summed E-state index contributed by atoms with van der Waals surface area (Å²) in [7, 11) is 3.24. The van der Waals surface area contributed by atoms with E-state index in [0.29, 0.717) is 21.9 Å². The number of benzene rings is 2. The molecule has 0 spiro atoms. The number of thioether (sulfide) groups is 1. The highest BCUT2D eigenvalue weighted by molar-refractivity contribution is 7.98. The maximum absolute atomic E-state index is 12.9. The number of nitrogens with zero attached hydrogens (tertiary/aromatic N) is 2. The smallest absolute Gasteiger partial charge is 0.279 e. The van der Waals surface area contributed by atoms with Crippen LogP contribution in [0, 0.1) is 0 Å². The Morgan fingerprint density at radius 3 is 2.30 bits per heavy atom. The molecule has 3 aromatic rings. The first-order valence-corrected chi connectivity index (χ1v) is 11.9. The fraction of sp³-hybridized carbons (Fsp3) is 0.391. The Labute approximate surface area is 185 Å². The van der Waals surface area contributed by atoms with Crippen LogP contribution in [-0.2, 0) is 12.0 Å². The number of hydrogen-bond donors (Lipinski definition) is 0. The molecule has 0 unspecified atom stereocenters. The molecule has 0 bridgehead atoms. The average molecular weight is 445 g/mol. The van der Waals surface area contributed by atoms with E-state index in [1.807, 2.05) is 36.4 Å². The number of thiazole rings is 1. The van der Waals surface area contributed by atoms with Crippen LogP contribution >= 0.6 is 23.1 Å². The number of fused-ring (bicyclic) bond motifs is 1. The van der Waals surface area contributed by atoms with Gasteiger partial charge in [0.25, 0.3) is 5.91 Å². The van der Waals surface area contributed by atoms with E-state index in [4.69, 9.17) is 9.47 Å². The molecule has 0 saturated heterocycles. The summed E-state index contributed by atoms with van der Waals surface area (Å²) in [5.74, 6) is 2.01. The van der Waals surface area contributed by atoms with Crippen molar-refractivity contribution in [2.75, 3.05) is 26.2 Å². The Morgan fingerprint density at radius 1 is 1.10 bits per heavy atom. The fourth-order valence-corrected chi connectivity index (χ4v) is 4.57. The van der Waals surface area contributed by atoms with Crippen LogP contribution in [0.4, 0.5) is 0 Å². The molecule has 30 heavy (non-hydrogen) atoms. The summed E-state index contributed by atoms with van der Waals surface area (Å²) >= 11 is 3.24. The van der Waals surface area contributed by atoms with E-state index in [9.17, 15) is 4.79 Å². The highest BCUT2D eigenvalue weighted by Gasteiger charge is 2.16. The summed E-state index contributed by atoms with van der Waals surface area (Å²) in [4.78, 5) is 18.0. The summed E-state index contributed by atoms with van der Waals surface area (Å²) < 4.78 is 14.0. The molecule has 7 heteroatoms. The lowest BCUT2D eigenvalue weighted by Gasteiger charge is -2.18. The van der Waals surface area contributed by atoms with Gasteiger partial charge in [0.1, 0.15) is 0 Å². The molecule has 1 aromatic heterocycles. The fourth-order valence-electron chi connectivity index (χ4n) is 3.14. The second-order valence-corrected chi connectivity index (χ2v) is 9.94. The molecule has 160 valence electrons. The van der Waals surface area contributed by atoms with Crippen LogP contribution in [0.3, 0.4) is 0 Å². The molecule has 0 atom stereocenters. The maximum Gasteiger partial charge on any atom is 0.279 e. The Balaban J connectivity index is 2.08. The van der Waals surface area contributed by atoms with Crippen molar-refractivity contribution in [3.8, 4) is 11.5 Å². The molecule has 0 saturated carbocycles. The number of carbonyl (C=O) groups is 1. The van der Waals surface area contributed by atoms with E-state index >= 15 is 0 Å². The van der Waals surface area contributed by atoms with Gasteiger partial charge in [0.15, 0.2) is 16.3 Å². The molecule has 1 amide bonds. The summed E-state index contributed by atoms with van der Waals surface area (Å²) in [6.45, 7) is 7.22. The van der Waals surface area contributed by atoms with Gasteiger partial charge in [-0.05, 0) is 29.4 Å². The molecule has 0 aliphatic heterocycles. The normalized spacial score (nSPS) is 12.4. The van der Waals surface area contributed by atoms with E-state index < -0.39 is 0 Å². The first-order valence-electron chi connectivity index (χ1n) is 9.72. The van der Waals surface area contributed by atoms with Gasteiger partial charge >= 0.3 is 0 Å². The van der Waals surface area contributed by atoms with Gasteiger partial charge in [0.05, 0.1) is 24.4 Å². The van der Waals surface area contributed by atoms with Crippen LogP contribution in [0.2, 0.25) is 0 Å². The van der Waals surface area contributed by atoms with Crippen LogP contribution < -0.4 is 14.3 Å². The zero-order chi connectivity index (χ0) is 21.9. The van der Waals surface area contributed by atoms with Crippen LogP contribution in [0.1, 0.15) is 36.7 Å². The number of aromatic nitrogens is 1. The minimum absolute atomic E-state index is 0.0448. The molecule has 0 fully saturated rings. The Kier molecular flexibility index (Phi) is 6.93. The number of hydrogen-bond acceptors (Lipinski definition) is 5. The van der Waals surface area contributed by atoms with Crippen molar-refractivity contribution >= 4 is 39.2 Å². The molecule has 0 aliphatic carbocycles. The van der Waals surface area contributed by atoms with E-state index in [1.54, 1.807) is 26.0 Å². The topological polar surface area (TPSA) is 52.8 Å². The van der Waals surface area contributed by atoms with E-state index in [0.717, 1.165) is 22.5 Å². The van der Waals surface area contributed by atoms with E-state index in [1.165, 1.54) is 16.9 Å². The standard InChI is InChI=1S/C23H28N2O3S2/c1-23(2,3)16-9-7-15(8-10-16)21(26)24-22-25(11-12-29-6)17-13-18(27-4)19(28-5)14-20(17)30-22/h7-10,13-14H,11-12H2,1-6H3. The van der Waals surface area contributed by atoms with Gasteiger partial charge in [-0.2, -0.15) is 16.8 Å². The third-order valence-electron chi connectivity index (χ3n) is 4.90. The minimum atomic E-state index is -0.237. The number of rotatable bonds is 6. The quantitative estimate of drug-likeness (QED) is 0.529. The van der Waals surface area contributed by atoms with Crippen molar-refractivity contribution in [3.05, 3.63) is 52.3 Å². The molecular weight excluding hydrogens is 416 g/mol. The van der Waals surface area contributed by atoms with Crippen molar-refractivity contribution < 1.29 is 14.3 Å². The number of ether oxygens (including phenoxy) is 2. The summed E-state index contributed by atoms with van der Waals surface area (Å²) in [6, 6.07) is 11.6. The monoisotopic (exact) mass is 444 g/mol. The molecule has 2 aromatic carbocycles. The minimum Gasteiger partial charge on any atom is -0.493 e.